The molecule has 1 aromatic carbocycles. The summed E-state index contributed by atoms with van der Waals surface area (Å²) in [6.45, 7) is 0. The van der Waals surface area contributed by atoms with Crippen LogP contribution in [0.4, 0.5) is 0 Å². The van der Waals surface area contributed by atoms with Gasteiger partial charge in [0.2, 0.25) is 0 Å². The third-order valence-corrected chi connectivity index (χ3v) is 3.82. The first-order valence-corrected chi connectivity index (χ1v) is 6.36. The van der Waals surface area contributed by atoms with Gasteiger partial charge in [0, 0.05) is 12.4 Å². The summed E-state index contributed by atoms with van der Waals surface area (Å²) in [6, 6.07) is 10.5. The zero-order chi connectivity index (χ0) is 12.4. The van der Waals surface area contributed by atoms with Crippen LogP contribution in [0.25, 0.3) is 0 Å². The van der Waals surface area contributed by atoms with E-state index in [0.29, 0.717) is 12.0 Å². The summed E-state index contributed by atoms with van der Waals surface area (Å²) in [4.78, 5) is 4.15. The first-order valence-electron chi connectivity index (χ1n) is 6.36. The smallest absolute Gasteiger partial charge is 0.0991 e. The fraction of sp³-hybridized carbons (Fsp3) is 0.333. The van der Waals surface area contributed by atoms with E-state index in [1.165, 1.54) is 24.8 Å². The van der Waals surface area contributed by atoms with Crippen LogP contribution in [0.1, 0.15) is 36.4 Å². The Bertz CT molecular complexity index is 544. The largest absolute Gasteiger partial charge is 0.330 e. The number of imidazole rings is 1. The van der Waals surface area contributed by atoms with Gasteiger partial charge in [-0.2, -0.15) is 5.26 Å². The lowest BCUT2D eigenvalue weighted by Crippen LogP contribution is -2.25. The average molecular weight is 237 g/mol. The minimum Gasteiger partial charge on any atom is -0.330 e. The highest BCUT2D eigenvalue weighted by atomic mass is 15.1. The fourth-order valence-electron chi connectivity index (χ4n) is 2.63. The Hall–Kier alpha value is -2.08. The van der Waals surface area contributed by atoms with Gasteiger partial charge in [-0.25, -0.2) is 4.98 Å². The van der Waals surface area contributed by atoms with E-state index in [1.807, 2.05) is 30.9 Å². The minimum absolute atomic E-state index is 0.369. The van der Waals surface area contributed by atoms with Crippen LogP contribution in [0.15, 0.2) is 43.0 Å². The van der Waals surface area contributed by atoms with Crippen LogP contribution in [0.5, 0.6) is 0 Å². The predicted molar refractivity (Wildman–Crippen MR) is 68.9 cm³/mol. The van der Waals surface area contributed by atoms with Crippen LogP contribution in [-0.2, 0) is 0 Å². The van der Waals surface area contributed by atoms with E-state index in [4.69, 9.17) is 5.26 Å². The van der Waals surface area contributed by atoms with Gasteiger partial charge in [0.05, 0.1) is 24.0 Å². The number of nitrogens with zero attached hydrogens (tertiary/aromatic N) is 3. The molecule has 0 amide bonds. The molecule has 2 aromatic rings. The van der Waals surface area contributed by atoms with Crippen molar-refractivity contribution in [1.82, 2.24) is 9.55 Å². The second-order valence-corrected chi connectivity index (χ2v) is 4.88. The van der Waals surface area contributed by atoms with Crippen molar-refractivity contribution in [1.29, 1.82) is 5.26 Å². The van der Waals surface area contributed by atoms with Crippen LogP contribution in [0.2, 0.25) is 0 Å². The van der Waals surface area contributed by atoms with E-state index >= 15 is 0 Å². The Labute approximate surface area is 107 Å². The molecule has 1 aliphatic rings. The molecule has 1 saturated carbocycles. The van der Waals surface area contributed by atoms with E-state index in [9.17, 15) is 0 Å². The van der Waals surface area contributed by atoms with Crippen molar-refractivity contribution < 1.29 is 0 Å². The lowest BCUT2D eigenvalue weighted by Gasteiger charge is -2.35. The van der Waals surface area contributed by atoms with Gasteiger partial charge >= 0.3 is 0 Å². The van der Waals surface area contributed by atoms with Crippen molar-refractivity contribution in [3.8, 4) is 6.07 Å². The molecule has 0 saturated heterocycles. The summed E-state index contributed by atoms with van der Waals surface area (Å²) in [5, 5.41) is 8.85. The van der Waals surface area contributed by atoms with Gasteiger partial charge in [-0.05, 0) is 36.5 Å². The van der Waals surface area contributed by atoms with Crippen LogP contribution >= 0.6 is 0 Å². The molecule has 1 aromatic heterocycles. The van der Waals surface area contributed by atoms with Crippen molar-refractivity contribution in [3.63, 3.8) is 0 Å². The van der Waals surface area contributed by atoms with Gasteiger partial charge in [-0.15, -0.1) is 0 Å². The van der Waals surface area contributed by atoms with Crippen LogP contribution in [0, 0.1) is 17.2 Å². The molecule has 0 aliphatic heterocycles. The molecule has 3 heteroatoms. The Morgan fingerprint density at radius 1 is 1.28 bits per heavy atom. The number of nitriles is 1. The Kier molecular flexibility index (Phi) is 2.85. The second-order valence-electron chi connectivity index (χ2n) is 4.88. The van der Waals surface area contributed by atoms with Crippen LogP contribution in [0.3, 0.4) is 0 Å². The topological polar surface area (TPSA) is 41.6 Å². The van der Waals surface area contributed by atoms with E-state index in [-0.39, 0.29) is 0 Å². The zero-order valence-electron chi connectivity index (χ0n) is 10.2. The molecule has 90 valence electrons. The van der Waals surface area contributed by atoms with Gasteiger partial charge in [-0.1, -0.05) is 18.6 Å². The van der Waals surface area contributed by atoms with Gasteiger partial charge < -0.3 is 4.57 Å². The minimum atomic E-state index is 0.369. The van der Waals surface area contributed by atoms with E-state index in [1.54, 1.807) is 0 Å². The summed E-state index contributed by atoms with van der Waals surface area (Å²) < 4.78 is 2.19. The molecular weight excluding hydrogens is 222 g/mol. The molecular formula is C15H15N3. The molecule has 1 aliphatic carbocycles. The van der Waals surface area contributed by atoms with Crippen molar-refractivity contribution in [2.24, 2.45) is 5.92 Å². The number of hydrogen-bond donors (Lipinski definition) is 0. The molecule has 0 bridgehead atoms. The summed E-state index contributed by atoms with van der Waals surface area (Å²) in [7, 11) is 0. The van der Waals surface area contributed by atoms with Crippen LogP contribution < -0.4 is 0 Å². The average Bonchev–Trinajstić information content (AvgIpc) is 2.87. The molecule has 18 heavy (non-hydrogen) atoms. The molecule has 1 unspecified atom stereocenters. The molecule has 1 atom stereocenters. The first kappa shape index (κ1) is 11.0. The lowest BCUT2D eigenvalue weighted by molar-refractivity contribution is 0.237. The molecule has 0 radical (unpaired) electrons. The SMILES string of the molecule is N#Cc1ccc(C(C2CCC2)n2ccnc2)cc1. The van der Waals surface area contributed by atoms with Crippen LogP contribution in [-0.4, -0.2) is 9.55 Å². The maximum atomic E-state index is 8.85. The third-order valence-electron chi connectivity index (χ3n) is 3.82. The van der Waals surface area contributed by atoms with E-state index in [2.05, 4.69) is 27.8 Å². The zero-order valence-corrected chi connectivity index (χ0v) is 10.2. The highest BCUT2D eigenvalue weighted by Crippen LogP contribution is 2.40. The Morgan fingerprint density at radius 3 is 2.56 bits per heavy atom. The highest BCUT2D eigenvalue weighted by molar-refractivity contribution is 5.33. The summed E-state index contributed by atoms with van der Waals surface area (Å²) in [5.41, 5.74) is 1.99. The second kappa shape index (κ2) is 4.66. The monoisotopic (exact) mass is 237 g/mol. The van der Waals surface area contributed by atoms with Gasteiger partial charge in [0.15, 0.2) is 0 Å². The van der Waals surface area contributed by atoms with Gasteiger partial charge in [-0.3, -0.25) is 0 Å². The number of rotatable bonds is 3. The Balaban J connectivity index is 1.95. The Morgan fingerprint density at radius 2 is 2.06 bits per heavy atom. The third kappa shape index (κ3) is 1.91. The summed E-state index contributed by atoms with van der Waals surface area (Å²) in [5.74, 6) is 0.701. The summed E-state index contributed by atoms with van der Waals surface area (Å²) in [6.07, 6.45) is 9.63. The molecule has 3 nitrogen and oxygen atoms in total. The van der Waals surface area contributed by atoms with E-state index in [0.717, 1.165) is 5.56 Å². The number of hydrogen-bond acceptors (Lipinski definition) is 2. The number of aromatic nitrogens is 2. The molecule has 3 rings (SSSR count). The molecule has 0 N–H and O–H groups in total. The van der Waals surface area contributed by atoms with Gasteiger partial charge in [0.1, 0.15) is 0 Å². The predicted octanol–water partition coefficient (Wildman–Crippen LogP) is 3.14. The fourth-order valence-corrected chi connectivity index (χ4v) is 2.63. The standard InChI is InChI=1S/C15H15N3/c16-10-12-4-6-14(7-5-12)15(13-2-1-3-13)18-9-8-17-11-18/h4-9,11,13,15H,1-3H2. The molecule has 1 heterocycles. The van der Waals surface area contributed by atoms with Crippen molar-refractivity contribution in [2.75, 3.05) is 0 Å². The maximum absolute atomic E-state index is 8.85. The van der Waals surface area contributed by atoms with Crippen molar-refractivity contribution in [3.05, 3.63) is 54.1 Å². The van der Waals surface area contributed by atoms with Crippen molar-refractivity contribution >= 4 is 0 Å². The lowest BCUT2D eigenvalue weighted by atomic mass is 9.77. The normalized spacial score (nSPS) is 16.8. The summed E-state index contributed by atoms with van der Waals surface area (Å²) >= 11 is 0. The van der Waals surface area contributed by atoms with E-state index < -0.39 is 0 Å². The highest BCUT2D eigenvalue weighted by Gasteiger charge is 2.29. The maximum Gasteiger partial charge on any atom is 0.0991 e. The molecule has 0 spiro atoms. The quantitative estimate of drug-likeness (QED) is 0.822. The molecule has 1 fully saturated rings. The number of benzene rings is 1. The van der Waals surface area contributed by atoms with Gasteiger partial charge in [0.25, 0.3) is 0 Å². The first-order chi connectivity index (χ1) is 8.88. The van der Waals surface area contributed by atoms with Crippen molar-refractivity contribution in [2.45, 2.75) is 25.3 Å².